The van der Waals surface area contributed by atoms with Crippen LogP contribution in [0, 0.1) is 0 Å². The van der Waals surface area contributed by atoms with E-state index >= 15 is 0 Å². The molecule has 166 valence electrons. The van der Waals surface area contributed by atoms with Crippen molar-refractivity contribution in [1.29, 1.82) is 0 Å². The van der Waals surface area contributed by atoms with E-state index in [0.717, 1.165) is 78.5 Å². The Bertz CT molecular complexity index is 1330. The molecular weight excluding hydrogens is 414 g/mol. The number of pyridine rings is 2. The number of hydrogen-bond acceptors (Lipinski definition) is 5. The highest BCUT2D eigenvalue weighted by atomic mass is 16.6. The molecule has 6 rings (SSSR count). The number of nitrogens with one attached hydrogen (secondary N) is 1. The number of nitrogens with zero attached hydrogens (tertiary/aromatic N) is 4. The highest BCUT2D eigenvalue weighted by molar-refractivity contribution is 5.99. The Labute approximate surface area is 191 Å². The molecule has 33 heavy (non-hydrogen) atoms. The van der Waals surface area contributed by atoms with Gasteiger partial charge in [-0.25, -0.2) is 4.79 Å². The van der Waals surface area contributed by atoms with Gasteiger partial charge in [0.2, 0.25) is 0 Å². The van der Waals surface area contributed by atoms with Crippen LogP contribution in [0.2, 0.25) is 0 Å². The molecule has 1 aliphatic heterocycles. The highest BCUT2D eigenvalue weighted by Gasteiger charge is 2.25. The van der Waals surface area contributed by atoms with E-state index in [9.17, 15) is 4.79 Å². The summed E-state index contributed by atoms with van der Waals surface area (Å²) in [6.45, 7) is 0.923. The molecule has 1 saturated carbocycles. The molecule has 0 saturated heterocycles. The predicted octanol–water partition coefficient (Wildman–Crippen LogP) is 5.14. The van der Waals surface area contributed by atoms with Crippen LogP contribution in [0.3, 0.4) is 0 Å². The first kappa shape index (κ1) is 19.9. The van der Waals surface area contributed by atoms with Crippen molar-refractivity contribution in [2.45, 2.75) is 51.1 Å². The monoisotopic (exact) mass is 439 g/mol. The number of rotatable bonds is 4. The van der Waals surface area contributed by atoms with Gasteiger partial charge < -0.3 is 10.1 Å². The number of aromatic nitrogens is 4. The maximum Gasteiger partial charge on any atom is 0.412 e. The van der Waals surface area contributed by atoms with Crippen LogP contribution >= 0.6 is 0 Å². The van der Waals surface area contributed by atoms with Crippen molar-refractivity contribution < 1.29 is 9.53 Å². The molecule has 0 bridgehead atoms. The molecule has 1 aromatic carbocycles. The first-order valence-corrected chi connectivity index (χ1v) is 11.6. The summed E-state index contributed by atoms with van der Waals surface area (Å²) in [7, 11) is 0. The predicted molar refractivity (Wildman–Crippen MR) is 126 cm³/mol. The van der Waals surface area contributed by atoms with Gasteiger partial charge in [0.1, 0.15) is 11.4 Å². The van der Waals surface area contributed by atoms with Crippen LogP contribution < -0.4 is 10.1 Å². The van der Waals surface area contributed by atoms with Gasteiger partial charge >= 0.3 is 6.09 Å². The van der Waals surface area contributed by atoms with Gasteiger partial charge in [-0.2, -0.15) is 5.10 Å². The fourth-order valence-electron chi connectivity index (χ4n) is 5.08. The van der Waals surface area contributed by atoms with Gasteiger partial charge in [0.05, 0.1) is 11.2 Å². The lowest BCUT2D eigenvalue weighted by Gasteiger charge is -2.13. The van der Waals surface area contributed by atoms with E-state index in [1.54, 1.807) is 12.4 Å². The summed E-state index contributed by atoms with van der Waals surface area (Å²) < 4.78 is 7.67. The van der Waals surface area contributed by atoms with Gasteiger partial charge in [-0.15, -0.1) is 0 Å². The summed E-state index contributed by atoms with van der Waals surface area (Å²) >= 11 is 0. The highest BCUT2D eigenvalue weighted by Crippen LogP contribution is 2.40. The summed E-state index contributed by atoms with van der Waals surface area (Å²) in [6, 6.07) is 13.8. The largest absolute Gasteiger partial charge is 0.412 e. The molecule has 0 unspecified atom stereocenters. The van der Waals surface area contributed by atoms with Crippen LogP contribution in [0.5, 0.6) is 5.75 Å². The maximum absolute atomic E-state index is 12.3. The minimum atomic E-state index is -0.399. The van der Waals surface area contributed by atoms with E-state index in [2.05, 4.69) is 20.0 Å². The Morgan fingerprint density at radius 2 is 1.94 bits per heavy atom. The summed E-state index contributed by atoms with van der Waals surface area (Å²) in [6.07, 6.45) is 9.65. The lowest BCUT2D eigenvalue weighted by atomic mass is 9.96. The van der Waals surface area contributed by atoms with E-state index < -0.39 is 6.09 Å². The lowest BCUT2D eigenvalue weighted by Crippen LogP contribution is -2.34. The van der Waals surface area contributed by atoms with Crippen molar-refractivity contribution in [2.75, 3.05) is 0 Å². The van der Waals surface area contributed by atoms with Gasteiger partial charge in [-0.05, 0) is 61.6 Å². The average molecular weight is 440 g/mol. The van der Waals surface area contributed by atoms with Crippen LogP contribution in [0.15, 0.2) is 54.9 Å². The van der Waals surface area contributed by atoms with Gasteiger partial charge in [0.25, 0.3) is 0 Å². The van der Waals surface area contributed by atoms with Crippen molar-refractivity contribution in [1.82, 2.24) is 25.1 Å². The maximum atomic E-state index is 12.3. The Balaban J connectivity index is 1.38. The topological polar surface area (TPSA) is 81.9 Å². The van der Waals surface area contributed by atoms with E-state index in [1.807, 2.05) is 42.5 Å². The second kappa shape index (κ2) is 8.31. The molecule has 4 heterocycles. The molecule has 0 atom stereocenters. The Kier molecular flexibility index (Phi) is 5.02. The zero-order valence-corrected chi connectivity index (χ0v) is 18.3. The molecule has 2 aliphatic rings. The van der Waals surface area contributed by atoms with Crippen LogP contribution in [-0.4, -0.2) is 31.9 Å². The minimum Gasteiger partial charge on any atom is -0.410 e. The molecular formula is C26H25N5O2. The molecule has 7 heteroatoms. The summed E-state index contributed by atoms with van der Waals surface area (Å²) in [5.74, 6) is 0.493. The Morgan fingerprint density at radius 1 is 1.03 bits per heavy atom. The third kappa shape index (κ3) is 3.73. The zero-order valence-electron chi connectivity index (χ0n) is 18.3. The summed E-state index contributed by atoms with van der Waals surface area (Å²) in [5, 5.41) is 8.87. The van der Waals surface area contributed by atoms with Crippen LogP contribution in [0.1, 0.15) is 37.8 Å². The standard InChI is InChI=1S/C26H25N5O2/c32-26(29-17-6-1-2-7-17)33-18-10-11-19-20(12-14-28-22(19)16-18)24-23-9-5-15-31(23)30-25(24)21-8-3-4-13-27-21/h3-4,8,10-14,16-17H,1-2,5-7,9,15H2,(H,29,32). The van der Waals surface area contributed by atoms with Crippen molar-refractivity contribution in [3.8, 4) is 28.3 Å². The number of ether oxygens (including phenoxy) is 1. The van der Waals surface area contributed by atoms with Crippen LogP contribution in [0.4, 0.5) is 4.79 Å². The molecule has 4 aromatic rings. The number of benzene rings is 1. The third-order valence-electron chi connectivity index (χ3n) is 6.62. The lowest BCUT2D eigenvalue weighted by molar-refractivity contribution is 0.196. The molecule has 7 nitrogen and oxygen atoms in total. The number of fused-ring (bicyclic) bond motifs is 2. The summed E-state index contributed by atoms with van der Waals surface area (Å²) in [5.41, 5.74) is 5.97. The fourth-order valence-corrected chi connectivity index (χ4v) is 5.08. The minimum absolute atomic E-state index is 0.220. The number of carbonyl (C=O) groups is 1. The van der Waals surface area contributed by atoms with Gasteiger partial charge in [-0.3, -0.25) is 14.6 Å². The molecule has 1 N–H and O–H groups in total. The van der Waals surface area contributed by atoms with Crippen LogP contribution in [0.25, 0.3) is 33.4 Å². The number of carbonyl (C=O) groups excluding carboxylic acids is 1. The second-order valence-corrected chi connectivity index (χ2v) is 8.76. The zero-order chi connectivity index (χ0) is 22.2. The first-order chi connectivity index (χ1) is 16.3. The first-order valence-electron chi connectivity index (χ1n) is 11.6. The molecule has 1 aliphatic carbocycles. The molecule has 3 aromatic heterocycles. The Hall–Kier alpha value is -3.74. The Morgan fingerprint density at radius 3 is 2.79 bits per heavy atom. The molecule has 0 spiro atoms. The normalized spacial score (nSPS) is 15.6. The quantitative estimate of drug-likeness (QED) is 0.476. The van der Waals surface area contributed by atoms with Crippen molar-refractivity contribution >= 4 is 17.0 Å². The molecule has 0 radical (unpaired) electrons. The van der Waals surface area contributed by atoms with Crippen molar-refractivity contribution in [3.63, 3.8) is 0 Å². The van der Waals surface area contributed by atoms with E-state index in [-0.39, 0.29) is 6.04 Å². The van der Waals surface area contributed by atoms with Gasteiger partial charge in [0.15, 0.2) is 0 Å². The molecule has 1 amide bonds. The van der Waals surface area contributed by atoms with E-state index in [0.29, 0.717) is 5.75 Å². The average Bonchev–Trinajstić information content (AvgIpc) is 3.57. The second-order valence-electron chi connectivity index (χ2n) is 8.76. The van der Waals surface area contributed by atoms with Crippen molar-refractivity contribution in [3.05, 3.63) is 60.6 Å². The van der Waals surface area contributed by atoms with Crippen molar-refractivity contribution in [2.24, 2.45) is 0 Å². The number of aryl methyl sites for hydroxylation is 1. The number of amides is 1. The smallest absolute Gasteiger partial charge is 0.410 e. The van der Waals surface area contributed by atoms with E-state index in [1.165, 1.54) is 5.69 Å². The SMILES string of the molecule is O=C(NC1CCCC1)Oc1ccc2c(-c3c(-c4ccccn4)nn4c3CCC4)ccnc2c1. The van der Waals surface area contributed by atoms with Gasteiger partial charge in [0, 0.05) is 47.7 Å². The van der Waals surface area contributed by atoms with Gasteiger partial charge in [-0.1, -0.05) is 18.9 Å². The summed E-state index contributed by atoms with van der Waals surface area (Å²) in [4.78, 5) is 21.4. The molecule has 1 fully saturated rings. The van der Waals surface area contributed by atoms with E-state index in [4.69, 9.17) is 9.84 Å². The number of hydrogen-bond donors (Lipinski definition) is 1. The fraction of sp³-hybridized carbons (Fsp3) is 0.308. The third-order valence-corrected chi connectivity index (χ3v) is 6.62. The van der Waals surface area contributed by atoms with Crippen LogP contribution in [-0.2, 0) is 13.0 Å².